The molecule has 0 unspecified atom stereocenters. The highest BCUT2D eigenvalue weighted by molar-refractivity contribution is 6.10. The monoisotopic (exact) mass is 813 g/mol. The van der Waals surface area contributed by atoms with Crippen LogP contribution in [0.15, 0.2) is 91.0 Å². The summed E-state index contributed by atoms with van der Waals surface area (Å²) < 4.78 is 168. The normalized spacial score (nSPS) is 12.7. The first kappa shape index (κ1) is 39.8. The molecular weight excluding hydrogens is 790 g/mol. The maximum Gasteiger partial charge on any atom is 0.416 e. The van der Waals surface area contributed by atoms with Crippen LogP contribution < -0.4 is 0 Å². The zero-order chi connectivity index (χ0) is 42.1. The second kappa shape index (κ2) is 13.9. The van der Waals surface area contributed by atoms with Crippen molar-refractivity contribution in [3.63, 3.8) is 0 Å². The molecule has 0 saturated carbocycles. The van der Waals surface area contributed by atoms with Crippen LogP contribution in [0.1, 0.15) is 45.0 Å². The van der Waals surface area contributed by atoms with Crippen molar-refractivity contribution in [1.29, 1.82) is 5.26 Å². The first-order chi connectivity index (χ1) is 27.0. The quantitative estimate of drug-likeness (QED) is 0.162. The van der Waals surface area contributed by atoms with E-state index in [1.165, 1.54) is 42.5 Å². The number of nitriles is 1. The summed E-state index contributed by atoms with van der Waals surface area (Å²) in [5.41, 5.74) is -5.46. The Morgan fingerprint density at radius 1 is 0.500 bits per heavy atom. The molecule has 2 aromatic heterocycles. The smallest absolute Gasteiger partial charge is 0.336 e. The highest BCUT2D eigenvalue weighted by Gasteiger charge is 2.38. The van der Waals surface area contributed by atoms with Gasteiger partial charge >= 0.3 is 24.7 Å². The van der Waals surface area contributed by atoms with Crippen LogP contribution >= 0.6 is 0 Å². The van der Waals surface area contributed by atoms with Gasteiger partial charge in [0.25, 0.3) is 0 Å². The zero-order valence-electron chi connectivity index (χ0n) is 29.6. The lowest BCUT2D eigenvalue weighted by molar-refractivity contribution is -0.144. The van der Waals surface area contributed by atoms with Crippen LogP contribution in [-0.4, -0.2) is 19.5 Å². The van der Waals surface area contributed by atoms with Crippen molar-refractivity contribution >= 4 is 21.8 Å². The second-order valence-electron chi connectivity index (χ2n) is 13.4. The Bertz CT molecular complexity index is 2590. The molecule has 5 aromatic carbocycles. The summed E-state index contributed by atoms with van der Waals surface area (Å²) in [6.07, 6.45) is -20.6. The van der Waals surface area contributed by atoms with Crippen molar-refractivity contribution < 1.29 is 52.7 Å². The average molecular weight is 814 g/mol. The number of hydrogen-bond acceptors (Lipinski definition) is 4. The van der Waals surface area contributed by atoms with Crippen LogP contribution in [-0.2, 0) is 31.2 Å². The van der Waals surface area contributed by atoms with Crippen LogP contribution in [0, 0.1) is 25.2 Å². The molecule has 0 radical (unpaired) electrons. The van der Waals surface area contributed by atoms with Crippen LogP contribution in [0.25, 0.3) is 55.4 Å². The van der Waals surface area contributed by atoms with Crippen LogP contribution in [0.3, 0.4) is 0 Å². The summed E-state index contributed by atoms with van der Waals surface area (Å²) in [4.78, 5) is 13.0. The van der Waals surface area contributed by atoms with Gasteiger partial charge < -0.3 is 4.57 Å². The van der Waals surface area contributed by atoms with Crippen molar-refractivity contribution in [2.24, 2.45) is 0 Å². The highest BCUT2D eigenvalue weighted by atomic mass is 19.4. The van der Waals surface area contributed by atoms with Crippen molar-refractivity contribution in [3.8, 4) is 39.7 Å². The highest BCUT2D eigenvalue weighted by Crippen LogP contribution is 2.43. The molecule has 0 spiro atoms. The fraction of sp³-hybridized carbons (Fsp3) is 0.171. The number of benzene rings is 5. The number of aromatic nitrogens is 4. The predicted molar refractivity (Wildman–Crippen MR) is 189 cm³/mol. The van der Waals surface area contributed by atoms with E-state index in [-0.39, 0.29) is 52.0 Å². The van der Waals surface area contributed by atoms with E-state index in [1.54, 1.807) is 30.5 Å². The molecule has 0 aliphatic heterocycles. The summed E-state index contributed by atoms with van der Waals surface area (Å²) in [7, 11) is 0. The zero-order valence-corrected chi connectivity index (χ0v) is 29.6. The fourth-order valence-electron chi connectivity index (χ4n) is 6.78. The Morgan fingerprint density at radius 2 is 0.914 bits per heavy atom. The van der Waals surface area contributed by atoms with E-state index in [0.29, 0.717) is 58.1 Å². The third-order valence-corrected chi connectivity index (χ3v) is 9.37. The van der Waals surface area contributed by atoms with Gasteiger partial charge in [-0.3, -0.25) is 0 Å². The predicted octanol–water partition coefficient (Wildman–Crippen LogP) is 12.6. The molecule has 58 heavy (non-hydrogen) atoms. The van der Waals surface area contributed by atoms with Gasteiger partial charge in [-0.15, -0.1) is 0 Å². The Morgan fingerprint density at radius 3 is 1.29 bits per heavy atom. The van der Waals surface area contributed by atoms with Gasteiger partial charge in [-0.25, -0.2) is 15.0 Å². The van der Waals surface area contributed by atoms with E-state index in [2.05, 4.69) is 15.0 Å². The number of alkyl halides is 12. The van der Waals surface area contributed by atoms with Crippen molar-refractivity contribution in [1.82, 2.24) is 19.5 Å². The van der Waals surface area contributed by atoms with Crippen LogP contribution in [0.2, 0.25) is 0 Å². The van der Waals surface area contributed by atoms with Gasteiger partial charge in [-0.05, 0) is 114 Å². The third-order valence-electron chi connectivity index (χ3n) is 9.37. The molecule has 7 rings (SSSR count). The van der Waals surface area contributed by atoms with Gasteiger partial charge in [0.05, 0.1) is 33.9 Å². The first-order valence-electron chi connectivity index (χ1n) is 16.9. The number of halogens is 12. The summed E-state index contributed by atoms with van der Waals surface area (Å²) in [5.74, 6) is 0.969. The van der Waals surface area contributed by atoms with Gasteiger partial charge in [0.1, 0.15) is 11.6 Å². The van der Waals surface area contributed by atoms with E-state index in [1.807, 2.05) is 6.07 Å². The van der Waals surface area contributed by atoms with Crippen LogP contribution in [0.5, 0.6) is 0 Å². The van der Waals surface area contributed by atoms with E-state index >= 15 is 0 Å². The fourth-order valence-corrected chi connectivity index (χ4v) is 6.78. The summed E-state index contributed by atoms with van der Waals surface area (Å²) in [6, 6.07) is 17.0. The molecule has 0 aliphatic rings. The maximum absolute atomic E-state index is 13.8. The average Bonchev–Trinajstić information content (AvgIpc) is 3.44. The number of aryl methyl sites for hydroxylation is 2. The molecule has 17 heteroatoms. The minimum atomic E-state index is -5.15. The summed E-state index contributed by atoms with van der Waals surface area (Å²) in [5, 5.41) is 10.1. The van der Waals surface area contributed by atoms with E-state index in [9.17, 15) is 57.9 Å². The van der Waals surface area contributed by atoms with Gasteiger partial charge in [0.15, 0.2) is 5.82 Å². The molecule has 0 aliphatic carbocycles. The Labute approximate surface area is 319 Å². The second-order valence-corrected chi connectivity index (χ2v) is 13.4. The largest absolute Gasteiger partial charge is 0.416 e. The summed E-state index contributed by atoms with van der Waals surface area (Å²) in [6.45, 7) is 3.25. The first-order valence-corrected chi connectivity index (χ1v) is 16.9. The van der Waals surface area contributed by atoms with E-state index in [4.69, 9.17) is 0 Å². The molecule has 5 nitrogen and oxygen atoms in total. The van der Waals surface area contributed by atoms with Gasteiger partial charge in [-0.1, -0.05) is 18.2 Å². The SMILES string of the molecule is Cc1nc(C)nc(-c2cc(C#N)ccc2Cn2c3ccc(-c4cc(C(F)(F)F)cc(C(F)(F)F)c4)cc3c3cc(-c4cc(C(F)(F)F)cc(C(F)(F)F)c4)ccc32)n1. The molecular formula is C41H23F12N5. The lowest BCUT2D eigenvalue weighted by Crippen LogP contribution is -2.11. The van der Waals surface area contributed by atoms with E-state index < -0.39 is 58.1 Å². The maximum atomic E-state index is 13.8. The third kappa shape index (κ3) is 7.78. The minimum Gasteiger partial charge on any atom is -0.336 e. The van der Waals surface area contributed by atoms with Gasteiger partial charge in [0, 0.05) is 33.9 Å². The van der Waals surface area contributed by atoms with Crippen molar-refractivity contribution in [2.45, 2.75) is 45.1 Å². The van der Waals surface area contributed by atoms with Gasteiger partial charge in [0.2, 0.25) is 0 Å². The molecule has 0 bridgehead atoms. The molecule has 0 fully saturated rings. The van der Waals surface area contributed by atoms with Crippen molar-refractivity contribution in [3.05, 3.63) is 136 Å². The van der Waals surface area contributed by atoms with Crippen LogP contribution in [0.4, 0.5) is 52.7 Å². The molecule has 0 amide bonds. The Balaban J connectivity index is 1.50. The molecule has 0 atom stereocenters. The number of nitrogens with zero attached hydrogens (tertiary/aromatic N) is 5. The Hall–Kier alpha value is -6.44. The molecule has 0 N–H and O–H groups in total. The Kier molecular flexibility index (Phi) is 9.53. The minimum absolute atomic E-state index is 0.0187. The van der Waals surface area contributed by atoms with E-state index in [0.717, 1.165) is 0 Å². The van der Waals surface area contributed by atoms with Crippen molar-refractivity contribution in [2.75, 3.05) is 0 Å². The number of rotatable bonds is 5. The lowest BCUT2D eigenvalue weighted by atomic mass is 9.96. The lowest BCUT2D eigenvalue weighted by Gasteiger charge is -2.15. The molecule has 296 valence electrons. The van der Waals surface area contributed by atoms with Gasteiger partial charge in [-0.2, -0.15) is 57.9 Å². The summed E-state index contributed by atoms with van der Waals surface area (Å²) >= 11 is 0. The molecule has 0 saturated heterocycles. The molecule has 7 aromatic rings. The topological polar surface area (TPSA) is 67.4 Å². The molecule has 2 heterocycles. The standard InChI is InChI=1S/C41H23F12N5/c1-20-55-21(2)57-37(56-20)32-9-22(18-54)3-4-25(32)19-58-35-7-5-23(26-10-28(38(42,43)44)16-29(11-26)39(45,46)47)14-33(35)34-15-24(6-8-36(34)58)27-12-30(40(48,49)50)17-31(13-27)41(51,52)53/h3-17H,19H2,1-2H3. The number of hydrogen-bond donors (Lipinski definition) is 0. The number of fused-ring (bicyclic) bond motifs is 3.